The Kier molecular flexibility index (Phi) is 5.60. The molecule has 0 aliphatic carbocycles. The van der Waals surface area contributed by atoms with Crippen LogP contribution in [0.25, 0.3) is 0 Å². The zero-order valence-corrected chi connectivity index (χ0v) is 17.0. The van der Waals surface area contributed by atoms with E-state index in [0.29, 0.717) is 28.8 Å². The molecule has 6 nitrogen and oxygen atoms in total. The Morgan fingerprint density at radius 2 is 1.96 bits per heavy atom. The number of allylic oxidation sites excluding steroid dienone is 1. The topological polar surface area (TPSA) is 68.2 Å². The van der Waals surface area contributed by atoms with Crippen LogP contribution in [0.1, 0.15) is 39.3 Å². The fraction of sp³-hybridized carbons (Fsp3) is 0.450. The second-order valence-electron chi connectivity index (χ2n) is 7.03. The summed E-state index contributed by atoms with van der Waals surface area (Å²) in [6.07, 6.45) is 0. The molecule has 0 bridgehead atoms. The van der Waals surface area contributed by atoms with Crippen LogP contribution in [0.2, 0.25) is 0 Å². The van der Waals surface area contributed by atoms with Crippen molar-refractivity contribution in [3.8, 4) is 5.75 Å². The van der Waals surface area contributed by atoms with Gasteiger partial charge in [-0.3, -0.25) is 9.69 Å². The Morgan fingerprint density at radius 3 is 2.56 bits per heavy atom. The van der Waals surface area contributed by atoms with Gasteiger partial charge in [-0.15, -0.1) is 0 Å². The first-order chi connectivity index (χ1) is 12.8. The highest BCUT2D eigenvalue weighted by molar-refractivity contribution is 8.15. The fourth-order valence-electron chi connectivity index (χ4n) is 3.09. The normalized spacial score (nSPS) is 22.1. The highest BCUT2D eigenvalue weighted by atomic mass is 32.2. The number of aliphatic imine (C=N–C) groups is 1. The molecule has 2 atom stereocenters. The molecule has 2 aliphatic heterocycles. The number of nitrogens with zero attached hydrogens (tertiary/aromatic N) is 2. The predicted octanol–water partition coefficient (Wildman–Crippen LogP) is 3.54. The zero-order chi connectivity index (χ0) is 19.7. The predicted molar refractivity (Wildman–Crippen MR) is 106 cm³/mol. The Hall–Kier alpha value is -2.28. The maximum absolute atomic E-state index is 12.9. The van der Waals surface area contributed by atoms with Crippen molar-refractivity contribution in [2.24, 2.45) is 10.9 Å². The van der Waals surface area contributed by atoms with E-state index in [1.165, 1.54) is 11.8 Å². The van der Waals surface area contributed by atoms with Crippen LogP contribution in [0.4, 0.5) is 0 Å². The highest BCUT2D eigenvalue weighted by Crippen LogP contribution is 2.43. The van der Waals surface area contributed by atoms with Gasteiger partial charge in [-0.25, -0.2) is 9.79 Å². The van der Waals surface area contributed by atoms with Crippen molar-refractivity contribution in [2.75, 3.05) is 13.7 Å². The maximum atomic E-state index is 12.9. The molecule has 144 valence electrons. The Labute approximate surface area is 163 Å². The van der Waals surface area contributed by atoms with E-state index in [2.05, 4.69) is 4.99 Å². The van der Waals surface area contributed by atoms with E-state index in [1.807, 2.05) is 45.0 Å². The number of esters is 1. The first-order valence-electron chi connectivity index (χ1n) is 8.93. The molecule has 0 saturated carbocycles. The molecule has 1 saturated heterocycles. The Bertz CT molecular complexity index is 814. The van der Waals surface area contributed by atoms with Crippen LogP contribution in [-0.2, 0) is 14.3 Å². The number of fused-ring (bicyclic) bond motifs is 1. The fourth-order valence-corrected chi connectivity index (χ4v) is 4.11. The van der Waals surface area contributed by atoms with Gasteiger partial charge in [0.25, 0.3) is 0 Å². The first kappa shape index (κ1) is 19.5. The molecule has 0 spiro atoms. The summed E-state index contributed by atoms with van der Waals surface area (Å²) >= 11 is 1.41. The number of carbonyl (C=O) groups is 2. The van der Waals surface area contributed by atoms with Gasteiger partial charge in [0.15, 0.2) is 5.17 Å². The molecule has 27 heavy (non-hydrogen) atoms. The third-order valence-electron chi connectivity index (χ3n) is 4.46. The first-order valence-corrected chi connectivity index (χ1v) is 9.81. The molecular formula is C20H24N2O4S. The number of benzene rings is 1. The summed E-state index contributed by atoms with van der Waals surface area (Å²) in [5.74, 6) is 0.452. The smallest absolute Gasteiger partial charge is 0.338 e. The minimum absolute atomic E-state index is 0.0544. The molecule has 0 aromatic heterocycles. The SMILES string of the molecule is COc1ccc(C2C(C(=O)OCC(C)C)=C(C)N=C3SC(C)C(=O)N32)cc1. The van der Waals surface area contributed by atoms with Crippen molar-refractivity contribution in [3.63, 3.8) is 0 Å². The number of rotatable bonds is 5. The third kappa shape index (κ3) is 3.74. The summed E-state index contributed by atoms with van der Waals surface area (Å²) in [6, 6.07) is 6.84. The second kappa shape index (κ2) is 7.76. The van der Waals surface area contributed by atoms with Gasteiger partial charge in [-0.2, -0.15) is 0 Å². The summed E-state index contributed by atoms with van der Waals surface area (Å²) in [7, 11) is 1.60. The minimum atomic E-state index is -0.548. The monoisotopic (exact) mass is 388 g/mol. The number of hydrogen-bond acceptors (Lipinski definition) is 6. The molecule has 0 radical (unpaired) electrons. The molecule has 1 amide bonds. The average molecular weight is 388 g/mol. The summed E-state index contributed by atoms with van der Waals surface area (Å²) < 4.78 is 10.7. The highest BCUT2D eigenvalue weighted by Gasteiger charge is 2.46. The van der Waals surface area contributed by atoms with Gasteiger partial charge < -0.3 is 9.47 Å². The van der Waals surface area contributed by atoms with Crippen molar-refractivity contribution in [3.05, 3.63) is 41.1 Å². The molecule has 2 aliphatic rings. The number of amides is 1. The third-order valence-corrected chi connectivity index (χ3v) is 5.51. The van der Waals surface area contributed by atoms with Crippen molar-refractivity contribution in [2.45, 2.75) is 39.0 Å². The van der Waals surface area contributed by atoms with E-state index in [-0.39, 0.29) is 17.1 Å². The molecule has 7 heteroatoms. The lowest BCUT2D eigenvalue weighted by atomic mass is 9.94. The summed E-state index contributed by atoms with van der Waals surface area (Å²) in [5, 5.41) is 0.398. The number of carbonyl (C=O) groups excluding carboxylic acids is 2. The molecular weight excluding hydrogens is 364 g/mol. The van der Waals surface area contributed by atoms with Gasteiger partial charge in [0.1, 0.15) is 5.75 Å². The van der Waals surface area contributed by atoms with E-state index in [4.69, 9.17) is 9.47 Å². The van der Waals surface area contributed by atoms with Crippen LogP contribution in [0.5, 0.6) is 5.75 Å². The lowest BCUT2D eigenvalue weighted by Crippen LogP contribution is -2.40. The van der Waals surface area contributed by atoms with Gasteiger partial charge in [0.2, 0.25) is 5.91 Å². The van der Waals surface area contributed by atoms with Crippen LogP contribution in [0.3, 0.4) is 0 Å². The molecule has 1 fully saturated rings. The summed E-state index contributed by atoms with van der Waals surface area (Å²) in [6.45, 7) is 7.93. The van der Waals surface area contributed by atoms with Crippen LogP contribution < -0.4 is 4.74 Å². The van der Waals surface area contributed by atoms with E-state index in [1.54, 1.807) is 18.9 Å². The van der Waals surface area contributed by atoms with Crippen LogP contribution in [-0.4, -0.2) is 40.9 Å². The van der Waals surface area contributed by atoms with E-state index >= 15 is 0 Å². The molecule has 2 heterocycles. The lowest BCUT2D eigenvalue weighted by Gasteiger charge is -2.33. The summed E-state index contributed by atoms with van der Waals surface area (Å²) in [5.41, 5.74) is 1.82. The van der Waals surface area contributed by atoms with Crippen LogP contribution >= 0.6 is 11.8 Å². The maximum Gasteiger partial charge on any atom is 0.338 e. The van der Waals surface area contributed by atoms with Crippen molar-refractivity contribution < 1.29 is 19.1 Å². The van der Waals surface area contributed by atoms with E-state index in [9.17, 15) is 9.59 Å². The number of thioether (sulfide) groups is 1. The number of amidine groups is 1. The van der Waals surface area contributed by atoms with Gasteiger partial charge in [0, 0.05) is 0 Å². The minimum Gasteiger partial charge on any atom is -0.497 e. The second-order valence-corrected chi connectivity index (χ2v) is 8.34. The standard InChI is InChI=1S/C20H24N2O4S/c1-11(2)10-26-19(24)16-12(3)21-20-22(18(23)13(4)27-20)17(16)14-6-8-15(25-5)9-7-14/h6-9,11,13,17H,10H2,1-5H3. The van der Waals surface area contributed by atoms with Crippen LogP contribution in [0, 0.1) is 5.92 Å². The van der Waals surface area contributed by atoms with Crippen LogP contribution in [0.15, 0.2) is 40.5 Å². The largest absolute Gasteiger partial charge is 0.497 e. The molecule has 1 aromatic carbocycles. The molecule has 0 N–H and O–H groups in total. The molecule has 1 aromatic rings. The zero-order valence-electron chi connectivity index (χ0n) is 16.2. The number of ether oxygens (including phenoxy) is 2. The van der Waals surface area contributed by atoms with Crippen molar-refractivity contribution in [1.82, 2.24) is 4.90 Å². The van der Waals surface area contributed by atoms with Gasteiger partial charge in [-0.1, -0.05) is 37.7 Å². The van der Waals surface area contributed by atoms with Gasteiger partial charge in [0.05, 0.1) is 36.3 Å². The Balaban J connectivity index is 2.05. The van der Waals surface area contributed by atoms with E-state index in [0.717, 1.165) is 5.56 Å². The lowest BCUT2D eigenvalue weighted by molar-refractivity contribution is -0.141. The Morgan fingerprint density at radius 1 is 1.30 bits per heavy atom. The quantitative estimate of drug-likeness (QED) is 0.722. The average Bonchev–Trinajstić information content (AvgIpc) is 2.92. The van der Waals surface area contributed by atoms with Crippen molar-refractivity contribution >= 4 is 28.8 Å². The van der Waals surface area contributed by atoms with Crippen molar-refractivity contribution in [1.29, 1.82) is 0 Å². The summed E-state index contributed by atoms with van der Waals surface area (Å²) in [4.78, 5) is 31.8. The van der Waals surface area contributed by atoms with Gasteiger partial charge >= 0.3 is 5.97 Å². The number of hydrogen-bond donors (Lipinski definition) is 0. The van der Waals surface area contributed by atoms with Gasteiger partial charge in [-0.05, 0) is 37.5 Å². The molecule has 3 rings (SSSR count). The van der Waals surface area contributed by atoms with E-state index < -0.39 is 12.0 Å². The molecule has 2 unspecified atom stereocenters. The number of methoxy groups -OCH3 is 1.